The van der Waals surface area contributed by atoms with Gasteiger partial charge in [0.1, 0.15) is 23.1 Å². The Hall–Kier alpha value is -3.33. The van der Waals surface area contributed by atoms with Crippen molar-refractivity contribution in [3.8, 4) is 5.69 Å². The lowest BCUT2D eigenvalue weighted by Crippen LogP contribution is -2.54. The topological polar surface area (TPSA) is 71.3 Å². The molecule has 3 heterocycles. The quantitative estimate of drug-likeness (QED) is 0.562. The smallest absolute Gasteiger partial charge is 0.350 e. The summed E-state index contributed by atoms with van der Waals surface area (Å²) < 4.78 is 29.9. The number of piperazine rings is 1. The number of para-hydroxylation sites is 1. The van der Waals surface area contributed by atoms with E-state index in [1.165, 1.54) is 12.1 Å². The number of carbonyl (C=O) groups excluding carboxylic acids is 1. The van der Waals surface area contributed by atoms with Crippen molar-refractivity contribution in [1.82, 2.24) is 19.4 Å². The third-order valence-electron chi connectivity index (χ3n) is 5.52. The first-order chi connectivity index (χ1) is 15.2. The molecule has 1 aliphatic rings. The Morgan fingerprint density at radius 3 is 2.56 bits per heavy atom. The van der Waals surface area contributed by atoms with Crippen LogP contribution in [0.25, 0.3) is 16.7 Å². The first-order valence-electron chi connectivity index (χ1n) is 9.95. The summed E-state index contributed by atoms with van der Waals surface area (Å²) in [5.41, 5.74) is -0.980. The van der Waals surface area contributed by atoms with Gasteiger partial charge in [-0.3, -0.25) is 4.79 Å². The van der Waals surface area contributed by atoms with Gasteiger partial charge in [-0.05, 0) is 38.1 Å². The van der Waals surface area contributed by atoms with Crippen molar-refractivity contribution in [2.24, 2.45) is 0 Å². The molecular formula is C22H20ClF2N5O2. The van der Waals surface area contributed by atoms with Gasteiger partial charge in [-0.15, -0.1) is 0 Å². The van der Waals surface area contributed by atoms with Gasteiger partial charge >= 0.3 is 5.69 Å². The van der Waals surface area contributed by atoms with Crippen molar-refractivity contribution < 1.29 is 13.6 Å². The summed E-state index contributed by atoms with van der Waals surface area (Å²) >= 11 is 6.31. The van der Waals surface area contributed by atoms with Crippen LogP contribution in [0.2, 0.25) is 5.02 Å². The van der Waals surface area contributed by atoms with E-state index < -0.39 is 23.0 Å². The minimum Gasteiger partial charge on any atom is -0.350 e. The SMILES string of the molecule is C=CC(=O)N1CCN(c2nc(=O)n(-c3c(F)cccc3F)c3nc(C)c(Cl)cc23)[C@@H](C)C1. The fourth-order valence-electron chi connectivity index (χ4n) is 3.92. The van der Waals surface area contributed by atoms with Crippen LogP contribution in [-0.2, 0) is 4.79 Å². The number of halogens is 3. The molecule has 1 aromatic carbocycles. The molecule has 0 radical (unpaired) electrons. The van der Waals surface area contributed by atoms with Crippen molar-refractivity contribution in [3.05, 3.63) is 69.8 Å². The number of amides is 1. The third-order valence-corrected chi connectivity index (χ3v) is 5.91. The first kappa shape index (κ1) is 21.9. The van der Waals surface area contributed by atoms with Crippen LogP contribution in [0.15, 0.2) is 41.7 Å². The molecule has 1 aliphatic heterocycles. The Kier molecular flexibility index (Phi) is 5.68. The molecule has 7 nitrogen and oxygen atoms in total. The molecule has 0 spiro atoms. The molecule has 0 aliphatic carbocycles. The lowest BCUT2D eigenvalue weighted by atomic mass is 10.1. The summed E-state index contributed by atoms with van der Waals surface area (Å²) in [7, 11) is 0. The van der Waals surface area contributed by atoms with Crippen LogP contribution in [0, 0.1) is 18.6 Å². The van der Waals surface area contributed by atoms with E-state index in [0.29, 0.717) is 41.6 Å². The number of fused-ring (bicyclic) bond motifs is 1. The maximum atomic E-state index is 14.6. The number of hydrogen-bond acceptors (Lipinski definition) is 5. The van der Waals surface area contributed by atoms with Crippen molar-refractivity contribution in [2.75, 3.05) is 24.5 Å². The predicted molar refractivity (Wildman–Crippen MR) is 118 cm³/mol. The van der Waals surface area contributed by atoms with Crippen LogP contribution in [0.5, 0.6) is 0 Å². The molecule has 1 atom stereocenters. The Balaban J connectivity index is 1.94. The Labute approximate surface area is 187 Å². The zero-order valence-corrected chi connectivity index (χ0v) is 18.2. The fraction of sp³-hybridized carbons (Fsp3) is 0.273. The molecule has 0 saturated carbocycles. The van der Waals surface area contributed by atoms with Crippen LogP contribution in [0.3, 0.4) is 0 Å². The maximum Gasteiger partial charge on any atom is 0.356 e. The molecule has 10 heteroatoms. The van der Waals surface area contributed by atoms with E-state index in [-0.39, 0.29) is 17.6 Å². The second kappa shape index (κ2) is 8.31. The van der Waals surface area contributed by atoms with E-state index in [4.69, 9.17) is 11.6 Å². The van der Waals surface area contributed by atoms with Gasteiger partial charge in [-0.2, -0.15) is 4.98 Å². The highest BCUT2D eigenvalue weighted by Crippen LogP contribution is 2.31. The number of hydrogen-bond donors (Lipinski definition) is 0. The minimum atomic E-state index is -0.915. The lowest BCUT2D eigenvalue weighted by molar-refractivity contribution is -0.126. The molecule has 3 aromatic rings. The van der Waals surface area contributed by atoms with Crippen LogP contribution in [0.1, 0.15) is 12.6 Å². The molecule has 0 unspecified atom stereocenters. The van der Waals surface area contributed by atoms with Crippen molar-refractivity contribution in [3.63, 3.8) is 0 Å². The molecule has 1 amide bonds. The Morgan fingerprint density at radius 1 is 1.25 bits per heavy atom. The van der Waals surface area contributed by atoms with Gasteiger partial charge in [0.25, 0.3) is 0 Å². The second-order valence-electron chi connectivity index (χ2n) is 7.58. The van der Waals surface area contributed by atoms with Gasteiger partial charge in [0, 0.05) is 25.7 Å². The molecule has 166 valence electrons. The fourth-order valence-corrected chi connectivity index (χ4v) is 4.07. The first-order valence-corrected chi connectivity index (χ1v) is 10.3. The summed E-state index contributed by atoms with van der Waals surface area (Å²) in [6.07, 6.45) is 1.26. The van der Waals surface area contributed by atoms with E-state index in [2.05, 4.69) is 16.5 Å². The van der Waals surface area contributed by atoms with Gasteiger partial charge in [0.05, 0.1) is 16.1 Å². The molecule has 0 bridgehead atoms. The van der Waals surface area contributed by atoms with E-state index in [9.17, 15) is 18.4 Å². The highest BCUT2D eigenvalue weighted by Gasteiger charge is 2.30. The van der Waals surface area contributed by atoms with Crippen LogP contribution in [0.4, 0.5) is 14.6 Å². The normalized spacial score (nSPS) is 16.5. The van der Waals surface area contributed by atoms with Gasteiger partial charge in [0.15, 0.2) is 5.65 Å². The van der Waals surface area contributed by atoms with Gasteiger partial charge < -0.3 is 9.80 Å². The van der Waals surface area contributed by atoms with E-state index in [1.54, 1.807) is 17.9 Å². The molecule has 0 N–H and O–H groups in total. The van der Waals surface area contributed by atoms with Crippen LogP contribution < -0.4 is 10.6 Å². The average Bonchev–Trinajstić information content (AvgIpc) is 2.75. The van der Waals surface area contributed by atoms with Crippen molar-refractivity contribution in [2.45, 2.75) is 19.9 Å². The number of rotatable bonds is 3. The third kappa shape index (κ3) is 3.62. The predicted octanol–water partition coefficient (Wildman–Crippen LogP) is 3.24. The number of aryl methyl sites for hydroxylation is 1. The highest BCUT2D eigenvalue weighted by atomic mass is 35.5. The lowest BCUT2D eigenvalue weighted by Gasteiger charge is -2.40. The molecular weight excluding hydrogens is 440 g/mol. The van der Waals surface area contributed by atoms with E-state index >= 15 is 0 Å². The monoisotopic (exact) mass is 459 g/mol. The standard InChI is InChI=1S/C22H20ClF2N5O2/c1-4-18(31)28-8-9-29(12(2)11-28)20-14-10-15(23)13(3)26-21(14)30(22(32)27-20)19-16(24)6-5-7-17(19)25/h4-7,10,12H,1,8-9,11H2,2-3H3/t12-/m0/s1. The van der Waals surface area contributed by atoms with Crippen LogP contribution in [-0.4, -0.2) is 51.0 Å². The maximum absolute atomic E-state index is 14.6. The Morgan fingerprint density at radius 2 is 1.94 bits per heavy atom. The zero-order valence-electron chi connectivity index (χ0n) is 17.5. The summed E-state index contributed by atoms with van der Waals surface area (Å²) in [5, 5.41) is 0.700. The van der Waals surface area contributed by atoms with Crippen LogP contribution >= 0.6 is 11.6 Å². The molecule has 32 heavy (non-hydrogen) atoms. The number of aromatic nitrogens is 3. The highest BCUT2D eigenvalue weighted by molar-refractivity contribution is 6.32. The molecule has 1 fully saturated rings. The number of pyridine rings is 1. The van der Waals surface area contributed by atoms with Gasteiger partial charge in [-0.25, -0.2) is 23.1 Å². The number of nitrogens with zero attached hydrogens (tertiary/aromatic N) is 5. The molecule has 1 saturated heterocycles. The molecule has 4 rings (SSSR count). The van der Waals surface area contributed by atoms with Crippen molar-refractivity contribution >= 4 is 34.4 Å². The van der Waals surface area contributed by atoms with Gasteiger partial charge in [0.2, 0.25) is 5.91 Å². The molecule has 2 aromatic heterocycles. The zero-order chi connectivity index (χ0) is 23.2. The van der Waals surface area contributed by atoms with E-state index in [1.807, 2.05) is 11.8 Å². The number of anilines is 1. The number of carbonyl (C=O) groups is 1. The summed E-state index contributed by atoms with van der Waals surface area (Å²) in [6, 6.07) is 4.73. The van der Waals surface area contributed by atoms with Crippen molar-refractivity contribution in [1.29, 1.82) is 0 Å². The Bertz CT molecular complexity index is 1290. The average molecular weight is 460 g/mol. The summed E-state index contributed by atoms with van der Waals surface area (Å²) in [5.74, 6) is -1.71. The minimum absolute atomic E-state index is 0.0442. The summed E-state index contributed by atoms with van der Waals surface area (Å²) in [6.45, 7) is 8.23. The number of benzene rings is 1. The summed E-state index contributed by atoms with van der Waals surface area (Å²) in [4.78, 5) is 37.1. The van der Waals surface area contributed by atoms with E-state index in [0.717, 1.165) is 16.7 Å². The second-order valence-corrected chi connectivity index (χ2v) is 7.99. The largest absolute Gasteiger partial charge is 0.356 e. The van der Waals surface area contributed by atoms with Gasteiger partial charge in [-0.1, -0.05) is 24.2 Å².